The fourth-order valence-corrected chi connectivity index (χ4v) is 2.81. The molecule has 0 saturated carbocycles. The summed E-state index contributed by atoms with van der Waals surface area (Å²) in [5.74, 6) is 0.716. The van der Waals surface area contributed by atoms with Gasteiger partial charge in [0.25, 0.3) is 0 Å². The Kier molecular flexibility index (Phi) is 4.75. The van der Waals surface area contributed by atoms with E-state index < -0.39 is 11.6 Å². The number of ether oxygens (including phenoxy) is 1. The van der Waals surface area contributed by atoms with Crippen LogP contribution < -0.4 is 0 Å². The second-order valence-electron chi connectivity index (χ2n) is 3.66. The van der Waals surface area contributed by atoms with Crippen LogP contribution in [0.4, 0.5) is 0 Å². The van der Waals surface area contributed by atoms with Crippen LogP contribution in [-0.2, 0) is 9.53 Å². The Hall–Kier alpha value is -0.220. The molecule has 0 amide bonds. The van der Waals surface area contributed by atoms with Gasteiger partial charge < -0.3 is 9.84 Å². The number of carboxylic acid groups (broad SMARTS) is 1. The molecule has 1 atom stereocenters. The summed E-state index contributed by atoms with van der Waals surface area (Å²) in [6.45, 7) is 2.71. The van der Waals surface area contributed by atoms with Gasteiger partial charge in [-0.3, -0.25) is 0 Å². The zero-order chi connectivity index (χ0) is 10.4. The molecule has 0 aromatic carbocycles. The summed E-state index contributed by atoms with van der Waals surface area (Å²) in [5.41, 5.74) is -0.877. The zero-order valence-electron chi connectivity index (χ0n) is 8.62. The molecule has 0 spiro atoms. The monoisotopic (exact) mass is 218 g/mol. The Morgan fingerprint density at radius 3 is 2.86 bits per heavy atom. The van der Waals surface area contributed by atoms with Crippen LogP contribution in [0, 0.1) is 0 Å². The number of carboxylic acids is 1. The maximum atomic E-state index is 11.0. The van der Waals surface area contributed by atoms with Crippen LogP contribution in [0.25, 0.3) is 0 Å². The number of aliphatic carboxylic acids is 1. The Bertz CT molecular complexity index is 188. The average molecular weight is 218 g/mol. The third-order valence-corrected chi connectivity index (χ3v) is 3.66. The molecule has 14 heavy (non-hydrogen) atoms. The van der Waals surface area contributed by atoms with Gasteiger partial charge >= 0.3 is 5.97 Å². The van der Waals surface area contributed by atoms with Gasteiger partial charge in [0.1, 0.15) is 0 Å². The van der Waals surface area contributed by atoms with Crippen molar-refractivity contribution in [1.82, 2.24) is 0 Å². The molecule has 0 aromatic heterocycles. The van der Waals surface area contributed by atoms with Crippen molar-refractivity contribution in [1.29, 1.82) is 0 Å². The van der Waals surface area contributed by atoms with Crippen molar-refractivity contribution < 1.29 is 14.6 Å². The molecule has 0 radical (unpaired) electrons. The van der Waals surface area contributed by atoms with E-state index in [9.17, 15) is 4.79 Å². The normalized spacial score (nSPS) is 26.6. The predicted octanol–water partition coefficient (Wildman–Crippen LogP) is 2.15. The van der Waals surface area contributed by atoms with E-state index in [4.69, 9.17) is 9.84 Å². The third kappa shape index (κ3) is 2.89. The van der Waals surface area contributed by atoms with E-state index in [0.29, 0.717) is 18.8 Å². The molecule has 4 heteroatoms. The lowest BCUT2D eigenvalue weighted by atomic mass is 10.0. The molecule has 1 saturated heterocycles. The fourth-order valence-electron chi connectivity index (χ4n) is 1.51. The minimum Gasteiger partial charge on any atom is -0.479 e. The second kappa shape index (κ2) is 5.61. The quantitative estimate of drug-likeness (QED) is 0.694. The van der Waals surface area contributed by atoms with Gasteiger partial charge in [0, 0.05) is 12.4 Å². The van der Waals surface area contributed by atoms with Crippen molar-refractivity contribution in [2.24, 2.45) is 0 Å². The third-order valence-electron chi connectivity index (χ3n) is 2.50. The number of thioether (sulfide) groups is 1. The summed E-state index contributed by atoms with van der Waals surface area (Å²) in [4.78, 5) is 11.0. The van der Waals surface area contributed by atoms with Gasteiger partial charge in [-0.15, -0.1) is 0 Å². The molecule has 1 fully saturated rings. The van der Waals surface area contributed by atoms with Gasteiger partial charge in [-0.05, 0) is 18.6 Å². The zero-order valence-corrected chi connectivity index (χ0v) is 9.44. The first kappa shape index (κ1) is 11.9. The van der Waals surface area contributed by atoms with E-state index in [1.807, 2.05) is 0 Å². The summed E-state index contributed by atoms with van der Waals surface area (Å²) >= 11 is 1.67. The Morgan fingerprint density at radius 1 is 1.57 bits per heavy atom. The van der Waals surface area contributed by atoms with Gasteiger partial charge in [0.05, 0.1) is 0 Å². The van der Waals surface area contributed by atoms with Crippen molar-refractivity contribution in [3.8, 4) is 0 Å². The molecule has 0 aliphatic carbocycles. The van der Waals surface area contributed by atoms with Gasteiger partial charge in [-0.2, -0.15) is 11.8 Å². The Morgan fingerprint density at radius 2 is 2.36 bits per heavy atom. The van der Waals surface area contributed by atoms with Gasteiger partial charge in [-0.1, -0.05) is 19.8 Å². The predicted molar refractivity (Wildman–Crippen MR) is 57.8 cm³/mol. The summed E-state index contributed by atoms with van der Waals surface area (Å²) in [7, 11) is 0. The molecule has 1 unspecified atom stereocenters. The van der Waals surface area contributed by atoms with E-state index >= 15 is 0 Å². The standard InChI is InChI=1S/C10H18O3S/c1-2-3-4-6-13-10(9(11)12)5-7-14-8-10/h2-8H2,1H3,(H,11,12). The molecule has 1 aliphatic heterocycles. The number of rotatable bonds is 6. The molecule has 0 bridgehead atoms. The molecule has 1 N–H and O–H groups in total. The Labute approximate surface area is 89.2 Å². The fraction of sp³-hybridized carbons (Fsp3) is 0.900. The number of unbranched alkanes of at least 4 members (excludes halogenated alkanes) is 2. The van der Waals surface area contributed by atoms with Crippen molar-refractivity contribution in [2.45, 2.75) is 38.2 Å². The van der Waals surface area contributed by atoms with E-state index in [0.717, 1.165) is 25.0 Å². The largest absolute Gasteiger partial charge is 0.479 e. The maximum absolute atomic E-state index is 11.0. The molecular weight excluding hydrogens is 200 g/mol. The SMILES string of the molecule is CCCCCOC1(C(=O)O)CCSC1. The summed E-state index contributed by atoms with van der Waals surface area (Å²) < 4.78 is 5.53. The summed E-state index contributed by atoms with van der Waals surface area (Å²) in [6.07, 6.45) is 3.87. The lowest BCUT2D eigenvalue weighted by molar-refractivity contribution is -0.162. The highest BCUT2D eigenvalue weighted by molar-refractivity contribution is 7.99. The molecule has 1 aliphatic rings. The molecule has 82 valence electrons. The minimum atomic E-state index is -0.877. The highest BCUT2D eigenvalue weighted by atomic mass is 32.2. The van der Waals surface area contributed by atoms with Crippen LogP contribution >= 0.6 is 11.8 Å². The molecule has 0 aromatic rings. The molecule has 1 heterocycles. The molecule has 1 rings (SSSR count). The van der Waals surface area contributed by atoms with Crippen LogP contribution in [0.2, 0.25) is 0 Å². The maximum Gasteiger partial charge on any atom is 0.336 e. The summed E-state index contributed by atoms with van der Waals surface area (Å²) in [6, 6.07) is 0. The van der Waals surface area contributed by atoms with Crippen LogP contribution in [-0.4, -0.2) is 34.8 Å². The van der Waals surface area contributed by atoms with Gasteiger partial charge in [-0.25, -0.2) is 4.79 Å². The van der Waals surface area contributed by atoms with Crippen molar-refractivity contribution in [2.75, 3.05) is 18.1 Å². The number of hydrogen-bond acceptors (Lipinski definition) is 3. The summed E-state index contributed by atoms with van der Waals surface area (Å²) in [5, 5.41) is 9.08. The minimum absolute atomic E-state index is 0.584. The first-order valence-electron chi connectivity index (χ1n) is 5.16. The topological polar surface area (TPSA) is 46.5 Å². The Balaban J connectivity index is 2.33. The lowest BCUT2D eigenvalue weighted by Crippen LogP contribution is -2.41. The first-order valence-corrected chi connectivity index (χ1v) is 6.32. The molecular formula is C10H18O3S. The van der Waals surface area contributed by atoms with Crippen molar-refractivity contribution >= 4 is 17.7 Å². The van der Waals surface area contributed by atoms with E-state index in [1.54, 1.807) is 11.8 Å². The average Bonchev–Trinajstić information content (AvgIpc) is 2.62. The van der Waals surface area contributed by atoms with Crippen LogP contribution in [0.15, 0.2) is 0 Å². The second-order valence-corrected chi connectivity index (χ2v) is 4.76. The van der Waals surface area contributed by atoms with Crippen LogP contribution in [0.3, 0.4) is 0 Å². The highest BCUT2D eigenvalue weighted by Gasteiger charge is 2.42. The smallest absolute Gasteiger partial charge is 0.336 e. The van der Waals surface area contributed by atoms with Crippen LogP contribution in [0.5, 0.6) is 0 Å². The van der Waals surface area contributed by atoms with Crippen molar-refractivity contribution in [3.63, 3.8) is 0 Å². The van der Waals surface area contributed by atoms with E-state index in [-0.39, 0.29) is 0 Å². The van der Waals surface area contributed by atoms with Gasteiger partial charge in [0.15, 0.2) is 5.60 Å². The lowest BCUT2D eigenvalue weighted by Gasteiger charge is -2.23. The van der Waals surface area contributed by atoms with Crippen molar-refractivity contribution in [3.05, 3.63) is 0 Å². The van der Waals surface area contributed by atoms with E-state index in [1.165, 1.54) is 0 Å². The molecule has 3 nitrogen and oxygen atoms in total. The first-order chi connectivity index (χ1) is 6.71. The highest BCUT2D eigenvalue weighted by Crippen LogP contribution is 2.31. The number of carbonyl (C=O) groups is 1. The number of hydrogen-bond donors (Lipinski definition) is 1. The van der Waals surface area contributed by atoms with Gasteiger partial charge in [0.2, 0.25) is 0 Å². The van der Waals surface area contributed by atoms with E-state index in [2.05, 4.69) is 6.92 Å². The van der Waals surface area contributed by atoms with Crippen LogP contribution in [0.1, 0.15) is 32.6 Å².